The highest BCUT2D eigenvalue weighted by Gasteiger charge is 2.34. The number of amides is 1. The Morgan fingerprint density at radius 1 is 1.26 bits per heavy atom. The van der Waals surface area contributed by atoms with Crippen molar-refractivity contribution >= 4 is 5.91 Å². The van der Waals surface area contributed by atoms with Gasteiger partial charge in [0.05, 0.1) is 18.3 Å². The Kier molecular flexibility index (Phi) is 5.92. The molecule has 6 heteroatoms. The second kappa shape index (κ2) is 8.63. The number of aliphatic hydroxyl groups is 1. The van der Waals surface area contributed by atoms with Crippen LogP contribution in [0.5, 0.6) is 0 Å². The quantitative estimate of drug-likeness (QED) is 0.581. The number of hydrogen-bond donors (Lipinski definition) is 2. The van der Waals surface area contributed by atoms with E-state index in [9.17, 15) is 14.3 Å². The van der Waals surface area contributed by atoms with Crippen molar-refractivity contribution in [3.8, 4) is 11.1 Å². The van der Waals surface area contributed by atoms with Crippen LogP contribution >= 0.6 is 0 Å². The van der Waals surface area contributed by atoms with E-state index in [1.54, 1.807) is 19.1 Å². The lowest BCUT2D eigenvalue weighted by atomic mass is 9.98. The van der Waals surface area contributed by atoms with Crippen LogP contribution in [0.3, 0.4) is 0 Å². The van der Waals surface area contributed by atoms with E-state index in [1.165, 1.54) is 6.07 Å². The number of nitrogens with one attached hydrogen (secondary N) is 1. The SMILES string of the molecule is CCn1cc(-c2cc(CO)cc(C(=O)N[C@H](c3ccc(F)c(C)c3)C3CC3)c2)c(C)n1. The Bertz CT molecular complexity index is 1120. The lowest BCUT2D eigenvalue weighted by Gasteiger charge is -2.20. The summed E-state index contributed by atoms with van der Waals surface area (Å²) in [6.45, 7) is 6.30. The highest BCUT2D eigenvalue weighted by atomic mass is 19.1. The molecule has 2 aromatic carbocycles. The molecule has 0 spiro atoms. The summed E-state index contributed by atoms with van der Waals surface area (Å²) >= 11 is 0. The van der Waals surface area contributed by atoms with Crippen LogP contribution in [0.1, 0.15) is 58.5 Å². The van der Waals surface area contributed by atoms with Crippen molar-refractivity contribution in [2.45, 2.75) is 52.8 Å². The van der Waals surface area contributed by atoms with Gasteiger partial charge in [-0.25, -0.2) is 4.39 Å². The Morgan fingerprint density at radius 2 is 2.03 bits per heavy atom. The first-order chi connectivity index (χ1) is 14.9. The third kappa shape index (κ3) is 4.54. The zero-order valence-electron chi connectivity index (χ0n) is 18.2. The first-order valence-electron chi connectivity index (χ1n) is 10.8. The average molecular weight is 422 g/mol. The Labute approximate surface area is 181 Å². The zero-order chi connectivity index (χ0) is 22.1. The molecule has 0 bridgehead atoms. The van der Waals surface area contributed by atoms with Gasteiger partial charge in [0.1, 0.15) is 5.82 Å². The molecule has 4 rings (SSSR count). The second-order valence-corrected chi connectivity index (χ2v) is 8.36. The molecule has 1 amide bonds. The lowest BCUT2D eigenvalue weighted by molar-refractivity contribution is 0.0931. The molecule has 0 aliphatic heterocycles. The molecule has 1 atom stereocenters. The van der Waals surface area contributed by atoms with Gasteiger partial charge in [-0.15, -0.1) is 0 Å². The molecule has 162 valence electrons. The van der Waals surface area contributed by atoms with Gasteiger partial charge >= 0.3 is 0 Å². The van der Waals surface area contributed by atoms with Crippen molar-refractivity contribution < 1.29 is 14.3 Å². The number of carbonyl (C=O) groups is 1. The summed E-state index contributed by atoms with van der Waals surface area (Å²) in [5.41, 5.74) is 5.34. The largest absolute Gasteiger partial charge is 0.392 e. The maximum absolute atomic E-state index is 13.7. The van der Waals surface area contributed by atoms with E-state index in [-0.39, 0.29) is 24.4 Å². The van der Waals surface area contributed by atoms with E-state index < -0.39 is 0 Å². The lowest BCUT2D eigenvalue weighted by Crippen LogP contribution is -2.30. The smallest absolute Gasteiger partial charge is 0.251 e. The maximum atomic E-state index is 13.7. The van der Waals surface area contributed by atoms with E-state index in [0.717, 1.165) is 41.8 Å². The number of benzene rings is 2. The standard InChI is InChI=1S/C25H28FN3O2/c1-4-29-13-22(16(3)28-29)20-10-17(14-30)11-21(12-20)25(31)27-24(18-5-6-18)19-7-8-23(26)15(2)9-19/h7-13,18,24,30H,4-6,14H2,1-3H3,(H,27,31)/t24-/m0/s1. The summed E-state index contributed by atoms with van der Waals surface area (Å²) < 4.78 is 15.6. The molecule has 1 heterocycles. The Morgan fingerprint density at radius 3 is 2.65 bits per heavy atom. The highest BCUT2D eigenvalue weighted by Crippen LogP contribution is 2.41. The summed E-state index contributed by atoms with van der Waals surface area (Å²) in [4.78, 5) is 13.2. The summed E-state index contributed by atoms with van der Waals surface area (Å²) in [7, 11) is 0. The third-order valence-corrected chi connectivity index (χ3v) is 5.94. The molecule has 0 saturated heterocycles. The van der Waals surface area contributed by atoms with Crippen molar-refractivity contribution in [3.63, 3.8) is 0 Å². The van der Waals surface area contributed by atoms with E-state index in [2.05, 4.69) is 10.4 Å². The van der Waals surface area contributed by atoms with Gasteiger partial charge in [0, 0.05) is 23.9 Å². The van der Waals surface area contributed by atoms with Crippen molar-refractivity contribution in [1.29, 1.82) is 0 Å². The number of carbonyl (C=O) groups excluding carboxylic acids is 1. The molecule has 2 N–H and O–H groups in total. The topological polar surface area (TPSA) is 67.2 Å². The van der Waals surface area contributed by atoms with Crippen LogP contribution in [0.15, 0.2) is 42.6 Å². The van der Waals surface area contributed by atoms with E-state index in [0.29, 0.717) is 22.6 Å². The van der Waals surface area contributed by atoms with Crippen LogP contribution in [0.25, 0.3) is 11.1 Å². The van der Waals surface area contributed by atoms with Crippen LogP contribution < -0.4 is 5.32 Å². The first-order valence-corrected chi connectivity index (χ1v) is 10.8. The zero-order valence-corrected chi connectivity index (χ0v) is 18.2. The van der Waals surface area contributed by atoms with Gasteiger partial charge in [0.15, 0.2) is 0 Å². The van der Waals surface area contributed by atoms with E-state index >= 15 is 0 Å². The number of nitrogens with zero attached hydrogens (tertiary/aromatic N) is 2. The van der Waals surface area contributed by atoms with Gasteiger partial charge in [0.2, 0.25) is 0 Å². The minimum absolute atomic E-state index is 0.154. The molecule has 1 aromatic heterocycles. The van der Waals surface area contributed by atoms with Crippen molar-refractivity contribution in [3.05, 3.63) is 76.4 Å². The number of aromatic nitrogens is 2. The predicted molar refractivity (Wildman–Crippen MR) is 118 cm³/mol. The van der Waals surface area contributed by atoms with Gasteiger partial charge in [-0.2, -0.15) is 5.10 Å². The van der Waals surface area contributed by atoms with Crippen molar-refractivity contribution in [2.24, 2.45) is 5.92 Å². The Balaban J connectivity index is 1.65. The molecule has 1 fully saturated rings. The number of aryl methyl sites for hydroxylation is 3. The van der Waals surface area contributed by atoms with Gasteiger partial charge < -0.3 is 10.4 Å². The summed E-state index contributed by atoms with van der Waals surface area (Å²) in [5, 5.41) is 17.4. The van der Waals surface area contributed by atoms with Crippen LogP contribution in [0.4, 0.5) is 4.39 Å². The van der Waals surface area contributed by atoms with Crippen LogP contribution in [0.2, 0.25) is 0 Å². The fourth-order valence-corrected chi connectivity index (χ4v) is 4.02. The van der Waals surface area contributed by atoms with Gasteiger partial charge in [-0.05, 0) is 86.1 Å². The van der Waals surface area contributed by atoms with Crippen LogP contribution in [-0.2, 0) is 13.2 Å². The number of aliphatic hydroxyl groups excluding tert-OH is 1. The number of rotatable bonds is 7. The number of halogens is 1. The molecule has 1 saturated carbocycles. The molecule has 1 aliphatic rings. The molecular weight excluding hydrogens is 393 g/mol. The molecule has 31 heavy (non-hydrogen) atoms. The molecular formula is C25H28FN3O2. The summed E-state index contributed by atoms with van der Waals surface area (Å²) in [6, 6.07) is 10.3. The molecule has 3 aromatic rings. The minimum Gasteiger partial charge on any atom is -0.392 e. The van der Waals surface area contributed by atoms with Gasteiger partial charge in [-0.1, -0.05) is 12.1 Å². The molecule has 5 nitrogen and oxygen atoms in total. The highest BCUT2D eigenvalue weighted by molar-refractivity contribution is 5.96. The summed E-state index contributed by atoms with van der Waals surface area (Å²) in [5.74, 6) is -0.0804. The fraction of sp³-hybridized carbons (Fsp3) is 0.360. The van der Waals surface area contributed by atoms with Crippen molar-refractivity contribution in [1.82, 2.24) is 15.1 Å². The second-order valence-electron chi connectivity index (χ2n) is 8.36. The van der Waals surface area contributed by atoms with Gasteiger partial charge in [0.25, 0.3) is 5.91 Å². The van der Waals surface area contributed by atoms with Crippen molar-refractivity contribution in [2.75, 3.05) is 0 Å². The van der Waals surface area contributed by atoms with Crippen LogP contribution in [-0.4, -0.2) is 20.8 Å². The number of hydrogen-bond acceptors (Lipinski definition) is 3. The average Bonchev–Trinajstić information content (AvgIpc) is 3.54. The molecule has 0 radical (unpaired) electrons. The fourth-order valence-electron chi connectivity index (χ4n) is 4.02. The van der Waals surface area contributed by atoms with Crippen LogP contribution in [0, 0.1) is 25.6 Å². The Hall–Kier alpha value is -2.99. The summed E-state index contributed by atoms with van der Waals surface area (Å²) in [6.07, 6.45) is 4.04. The molecule has 1 aliphatic carbocycles. The first kappa shape index (κ1) is 21.2. The monoisotopic (exact) mass is 421 g/mol. The third-order valence-electron chi connectivity index (χ3n) is 5.94. The van der Waals surface area contributed by atoms with Gasteiger partial charge in [-0.3, -0.25) is 9.48 Å². The van der Waals surface area contributed by atoms with E-state index in [4.69, 9.17) is 0 Å². The normalized spacial score (nSPS) is 14.5. The molecule has 0 unspecified atom stereocenters. The maximum Gasteiger partial charge on any atom is 0.251 e. The minimum atomic E-state index is -0.243. The van der Waals surface area contributed by atoms with E-state index in [1.807, 2.05) is 42.9 Å². The predicted octanol–water partition coefficient (Wildman–Crippen LogP) is 4.70.